The second kappa shape index (κ2) is 8.11. The Morgan fingerprint density at radius 2 is 2.07 bits per heavy atom. The SMILES string of the molecule is CCOCC(=O)CC(=O)OC(C)CC=O. The molecular formula is C10H16O5. The van der Waals surface area contributed by atoms with E-state index >= 15 is 0 Å². The standard InChI is InChI=1S/C10H16O5/c1-3-14-7-9(12)6-10(13)15-8(2)4-5-11/h5,8H,3-4,6-7H2,1-2H3. The van der Waals surface area contributed by atoms with Gasteiger partial charge in [0.25, 0.3) is 0 Å². The van der Waals surface area contributed by atoms with Crippen molar-refractivity contribution in [2.75, 3.05) is 13.2 Å². The molecule has 1 atom stereocenters. The second-order valence-electron chi connectivity index (χ2n) is 3.06. The fraction of sp³-hybridized carbons (Fsp3) is 0.700. The van der Waals surface area contributed by atoms with Crippen LogP contribution >= 0.6 is 0 Å². The number of esters is 1. The average Bonchev–Trinajstić information content (AvgIpc) is 2.14. The maximum absolute atomic E-state index is 11.1. The zero-order chi connectivity index (χ0) is 11.7. The second-order valence-corrected chi connectivity index (χ2v) is 3.06. The number of rotatable bonds is 8. The summed E-state index contributed by atoms with van der Waals surface area (Å²) in [5.41, 5.74) is 0. The number of hydrogen-bond acceptors (Lipinski definition) is 5. The Hall–Kier alpha value is -1.23. The van der Waals surface area contributed by atoms with Crippen LogP contribution in [0.15, 0.2) is 0 Å². The fourth-order valence-electron chi connectivity index (χ4n) is 0.878. The molecule has 0 saturated heterocycles. The van der Waals surface area contributed by atoms with Gasteiger partial charge >= 0.3 is 5.97 Å². The Kier molecular flexibility index (Phi) is 7.44. The van der Waals surface area contributed by atoms with Gasteiger partial charge in [-0.05, 0) is 13.8 Å². The molecule has 0 aromatic carbocycles. The van der Waals surface area contributed by atoms with E-state index in [2.05, 4.69) is 0 Å². The lowest BCUT2D eigenvalue weighted by molar-refractivity contribution is -0.151. The van der Waals surface area contributed by atoms with Gasteiger partial charge in [0, 0.05) is 13.0 Å². The minimum absolute atomic E-state index is 0.0757. The molecule has 0 aliphatic carbocycles. The maximum atomic E-state index is 11.1. The molecule has 0 heterocycles. The number of carbonyl (C=O) groups is 3. The van der Waals surface area contributed by atoms with Gasteiger partial charge < -0.3 is 14.3 Å². The predicted molar refractivity (Wildman–Crippen MR) is 52.4 cm³/mol. The van der Waals surface area contributed by atoms with Gasteiger partial charge in [-0.3, -0.25) is 9.59 Å². The van der Waals surface area contributed by atoms with Crippen LogP contribution in [0.3, 0.4) is 0 Å². The van der Waals surface area contributed by atoms with E-state index < -0.39 is 12.1 Å². The summed E-state index contributed by atoms with van der Waals surface area (Å²) in [6.45, 7) is 3.72. The van der Waals surface area contributed by atoms with E-state index in [-0.39, 0.29) is 25.2 Å². The van der Waals surface area contributed by atoms with Crippen molar-refractivity contribution in [1.29, 1.82) is 0 Å². The third kappa shape index (κ3) is 7.81. The molecule has 0 aromatic heterocycles. The summed E-state index contributed by atoms with van der Waals surface area (Å²) >= 11 is 0. The first-order valence-corrected chi connectivity index (χ1v) is 4.82. The summed E-state index contributed by atoms with van der Waals surface area (Å²) in [6, 6.07) is 0. The zero-order valence-corrected chi connectivity index (χ0v) is 9.02. The molecule has 86 valence electrons. The number of ether oxygens (including phenoxy) is 2. The van der Waals surface area contributed by atoms with Crippen LogP contribution < -0.4 is 0 Å². The molecule has 5 heteroatoms. The molecule has 0 radical (unpaired) electrons. The lowest BCUT2D eigenvalue weighted by Crippen LogP contribution is -2.20. The largest absolute Gasteiger partial charge is 0.462 e. The monoisotopic (exact) mass is 216 g/mol. The zero-order valence-electron chi connectivity index (χ0n) is 9.02. The predicted octanol–water partition coefficient (Wildman–Crippen LogP) is 0.503. The van der Waals surface area contributed by atoms with Crippen LogP contribution in [0.4, 0.5) is 0 Å². The van der Waals surface area contributed by atoms with Crippen LogP contribution in [0.25, 0.3) is 0 Å². The Balaban J connectivity index is 3.72. The van der Waals surface area contributed by atoms with E-state index in [1.165, 1.54) is 0 Å². The van der Waals surface area contributed by atoms with Crippen LogP contribution in [0.2, 0.25) is 0 Å². The number of hydrogen-bond donors (Lipinski definition) is 0. The highest BCUT2D eigenvalue weighted by molar-refractivity contribution is 5.96. The van der Waals surface area contributed by atoms with Crippen molar-refractivity contribution in [1.82, 2.24) is 0 Å². The van der Waals surface area contributed by atoms with Crippen molar-refractivity contribution >= 4 is 18.0 Å². The Morgan fingerprint density at radius 3 is 2.60 bits per heavy atom. The first kappa shape index (κ1) is 13.8. The van der Waals surface area contributed by atoms with Gasteiger partial charge in [0.2, 0.25) is 0 Å². The molecule has 0 bridgehead atoms. The normalized spacial score (nSPS) is 11.9. The fourth-order valence-corrected chi connectivity index (χ4v) is 0.878. The average molecular weight is 216 g/mol. The van der Waals surface area contributed by atoms with Crippen LogP contribution in [-0.4, -0.2) is 37.4 Å². The minimum Gasteiger partial charge on any atom is -0.462 e. The smallest absolute Gasteiger partial charge is 0.313 e. The number of carbonyl (C=O) groups excluding carboxylic acids is 3. The first-order valence-electron chi connectivity index (χ1n) is 4.82. The molecule has 0 rings (SSSR count). The van der Waals surface area contributed by atoms with E-state index in [1.54, 1.807) is 13.8 Å². The van der Waals surface area contributed by atoms with Gasteiger partial charge in [-0.25, -0.2) is 0 Å². The van der Waals surface area contributed by atoms with E-state index in [9.17, 15) is 14.4 Å². The topological polar surface area (TPSA) is 69.7 Å². The van der Waals surface area contributed by atoms with Crippen molar-refractivity contribution < 1.29 is 23.9 Å². The lowest BCUT2D eigenvalue weighted by Gasteiger charge is -2.09. The molecule has 0 aliphatic rings. The maximum Gasteiger partial charge on any atom is 0.313 e. The van der Waals surface area contributed by atoms with Crippen molar-refractivity contribution in [3.63, 3.8) is 0 Å². The summed E-state index contributed by atoms with van der Waals surface area (Å²) in [6.07, 6.45) is 0.0315. The third-order valence-corrected chi connectivity index (χ3v) is 1.57. The Morgan fingerprint density at radius 1 is 1.40 bits per heavy atom. The van der Waals surface area contributed by atoms with E-state index in [1.807, 2.05) is 0 Å². The van der Waals surface area contributed by atoms with Gasteiger partial charge in [-0.2, -0.15) is 0 Å². The summed E-state index contributed by atoms with van der Waals surface area (Å²) in [5.74, 6) is -0.936. The highest BCUT2D eigenvalue weighted by Gasteiger charge is 2.13. The molecular weight excluding hydrogens is 200 g/mol. The van der Waals surface area contributed by atoms with E-state index in [0.29, 0.717) is 12.9 Å². The highest BCUT2D eigenvalue weighted by atomic mass is 16.5. The lowest BCUT2D eigenvalue weighted by atomic mass is 10.3. The number of Topliss-reactive ketones (excluding diaryl/α,β-unsaturated/α-hetero) is 1. The third-order valence-electron chi connectivity index (χ3n) is 1.57. The van der Waals surface area contributed by atoms with Gasteiger partial charge in [-0.1, -0.05) is 0 Å². The van der Waals surface area contributed by atoms with Crippen molar-refractivity contribution in [3.05, 3.63) is 0 Å². The molecule has 0 aliphatic heterocycles. The molecule has 0 fully saturated rings. The summed E-state index contributed by atoms with van der Waals surface area (Å²) in [4.78, 5) is 32.2. The molecule has 1 unspecified atom stereocenters. The molecule has 0 aromatic rings. The highest BCUT2D eigenvalue weighted by Crippen LogP contribution is 1.98. The van der Waals surface area contributed by atoms with Gasteiger partial charge in [0.1, 0.15) is 25.4 Å². The molecule has 0 spiro atoms. The first-order chi connectivity index (χ1) is 7.10. The van der Waals surface area contributed by atoms with Crippen LogP contribution in [0, 0.1) is 0 Å². The van der Waals surface area contributed by atoms with Crippen molar-refractivity contribution in [2.45, 2.75) is 32.8 Å². The summed E-state index contributed by atoms with van der Waals surface area (Å²) in [7, 11) is 0. The minimum atomic E-state index is -0.617. The summed E-state index contributed by atoms with van der Waals surface area (Å²) < 4.78 is 9.63. The molecule has 0 amide bonds. The van der Waals surface area contributed by atoms with Crippen LogP contribution in [0.5, 0.6) is 0 Å². The Bertz CT molecular complexity index is 224. The Labute approximate surface area is 88.7 Å². The molecule has 0 saturated carbocycles. The van der Waals surface area contributed by atoms with Crippen molar-refractivity contribution in [2.24, 2.45) is 0 Å². The quantitative estimate of drug-likeness (QED) is 0.336. The number of ketones is 1. The molecule has 15 heavy (non-hydrogen) atoms. The van der Waals surface area contributed by atoms with E-state index in [4.69, 9.17) is 9.47 Å². The summed E-state index contributed by atoms with van der Waals surface area (Å²) in [5, 5.41) is 0. The molecule has 5 nitrogen and oxygen atoms in total. The van der Waals surface area contributed by atoms with Crippen molar-refractivity contribution in [3.8, 4) is 0 Å². The van der Waals surface area contributed by atoms with Gasteiger partial charge in [0.05, 0.1) is 0 Å². The van der Waals surface area contributed by atoms with Gasteiger partial charge in [0.15, 0.2) is 5.78 Å². The molecule has 0 N–H and O–H groups in total. The number of aldehydes is 1. The van der Waals surface area contributed by atoms with Crippen LogP contribution in [-0.2, 0) is 23.9 Å². The van der Waals surface area contributed by atoms with E-state index in [0.717, 1.165) is 0 Å². The van der Waals surface area contributed by atoms with Gasteiger partial charge in [-0.15, -0.1) is 0 Å². The van der Waals surface area contributed by atoms with Crippen LogP contribution in [0.1, 0.15) is 26.7 Å².